The average molecular weight is 566 g/mol. The van der Waals surface area contributed by atoms with Crippen molar-refractivity contribution in [2.45, 2.75) is 128 Å². The lowest BCUT2D eigenvalue weighted by Crippen LogP contribution is -2.59. The predicted octanol–water partition coefficient (Wildman–Crippen LogP) is 4.71. The van der Waals surface area contributed by atoms with E-state index >= 15 is 0 Å². The van der Waals surface area contributed by atoms with Gasteiger partial charge >= 0.3 is 0 Å². The molecule has 0 aliphatic rings. The number of carbonyl (C=O) groups is 2. The van der Waals surface area contributed by atoms with Crippen LogP contribution in [0.5, 0.6) is 0 Å². The standard InChI is InChI=1S/C28H56NO8P/c1-6-8-10-12-14-16-18-20-25(31)28(27(33)24-30,26(32)21-19-17-15-13-11-9-7-2)37-38(34,35)36-23-22-29(3,4)5/h27,30,33H,6-24H2,1-5H3/t27-/m0/s1. The van der Waals surface area contributed by atoms with Crippen molar-refractivity contribution < 1.29 is 42.8 Å². The van der Waals surface area contributed by atoms with Crippen molar-refractivity contribution in [3.63, 3.8) is 0 Å². The van der Waals surface area contributed by atoms with Crippen molar-refractivity contribution in [2.24, 2.45) is 0 Å². The van der Waals surface area contributed by atoms with E-state index in [-0.39, 0.29) is 19.4 Å². The Morgan fingerprint density at radius 2 is 1.21 bits per heavy atom. The quantitative estimate of drug-likeness (QED) is 0.0667. The molecule has 0 heterocycles. The molecule has 0 saturated heterocycles. The topological polar surface area (TPSA) is 133 Å². The van der Waals surface area contributed by atoms with E-state index in [0.717, 1.165) is 77.0 Å². The maximum absolute atomic E-state index is 13.4. The van der Waals surface area contributed by atoms with Crippen LogP contribution >= 0.6 is 7.82 Å². The summed E-state index contributed by atoms with van der Waals surface area (Å²) in [5.74, 6) is -1.65. The molecule has 0 aromatic rings. The van der Waals surface area contributed by atoms with Gasteiger partial charge in [-0.05, 0) is 12.8 Å². The summed E-state index contributed by atoms with van der Waals surface area (Å²) in [7, 11) is 0.413. The number of likely N-dealkylation sites (N-methyl/N-ethyl adjacent to an activating group) is 1. The van der Waals surface area contributed by atoms with Gasteiger partial charge in [0.15, 0.2) is 11.6 Å². The normalized spacial score (nSPS) is 14.8. The molecule has 226 valence electrons. The Kier molecular flexibility index (Phi) is 19.9. The van der Waals surface area contributed by atoms with E-state index in [0.29, 0.717) is 23.9 Å². The van der Waals surface area contributed by atoms with Gasteiger partial charge in [0.2, 0.25) is 5.60 Å². The molecule has 1 unspecified atom stereocenters. The lowest BCUT2D eigenvalue weighted by atomic mass is 9.82. The zero-order valence-corrected chi connectivity index (χ0v) is 25.6. The molecule has 0 bridgehead atoms. The zero-order valence-electron chi connectivity index (χ0n) is 24.8. The van der Waals surface area contributed by atoms with E-state index in [9.17, 15) is 29.3 Å². The van der Waals surface area contributed by atoms with Crippen LogP contribution in [0.1, 0.15) is 117 Å². The van der Waals surface area contributed by atoms with E-state index in [1.807, 2.05) is 21.1 Å². The van der Waals surface area contributed by atoms with Crippen molar-refractivity contribution in [3.05, 3.63) is 0 Å². The summed E-state index contributed by atoms with van der Waals surface area (Å²) < 4.78 is 23.4. The Hall–Kier alpha value is -0.670. The number of hydrogen-bond acceptors (Lipinski definition) is 8. The van der Waals surface area contributed by atoms with Gasteiger partial charge in [-0.2, -0.15) is 0 Å². The minimum Gasteiger partial charge on any atom is -0.756 e. The highest BCUT2D eigenvalue weighted by atomic mass is 31.2. The highest BCUT2D eigenvalue weighted by molar-refractivity contribution is 7.46. The second-order valence-corrected chi connectivity index (χ2v) is 12.7. The van der Waals surface area contributed by atoms with Crippen LogP contribution in [0.2, 0.25) is 0 Å². The van der Waals surface area contributed by atoms with Crippen molar-refractivity contribution in [1.29, 1.82) is 0 Å². The van der Waals surface area contributed by atoms with E-state index < -0.39 is 37.7 Å². The molecule has 0 spiro atoms. The van der Waals surface area contributed by atoms with E-state index in [1.54, 1.807) is 0 Å². The monoisotopic (exact) mass is 565 g/mol. The number of carbonyl (C=O) groups excluding carboxylic acids is 2. The third-order valence-electron chi connectivity index (χ3n) is 6.75. The molecular weight excluding hydrogens is 509 g/mol. The summed E-state index contributed by atoms with van der Waals surface area (Å²) >= 11 is 0. The molecular formula is C28H56NO8P. The Labute approximate surface area is 231 Å². The Morgan fingerprint density at radius 3 is 1.58 bits per heavy atom. The SMILES string of the molecule is CCCCCCCCCC(=O)C(OP(=O)([O-])OCC[N+](C)(C)C)(C(=O)CCCCCCCCC)[C@@H](O)CO. The van der Waals surface area contributed by atoms with Gasteiger partial charge in [-0.15, -0.1) is 0 Å². The first kappa shape index (κ1) is 37.3. The number of aliphatic hydroxyl groups is 2. The van der Waals surface area contributed by atoms with Gasteiger partial charge in [0.05, 0.1) is 27.7 Å². The largest absolute Gasteiger partial charge is 0.756 e. The molecule has 10 heteroatoms. The maximum Gasteiger partial charge on any atom is 0.269 e. The summed E-state index contributed by atoms with van der Waals surface area (Å²) in [4.78, 5) is 39.6. The van der Waals surface area contributed by atoms with Crippen molar-refractivity contribution in [2.75, 3.05) is 40.9 Å². The Morgan fingerprint density at radius 1 is 0.816 bits per heavy atom. The molecule has 0 saturated carbocycles. The highest BCUT2D eigenvalue weighted by Crippen LogP contribution is 2.46. The number of ketones is 2. The van der Waals surface area contributed by atoms with Crippen molar-refractivity contribution in [3.8, 4) is 0 Å². The predicted molar refractivity (Wildman–Crippen MR) is 149 cm³/mol. The van der Waals surface area contributed by atoms with Gasteiger partial charge in [-0.25, -0.2) is 0 Å². The van der Waals surface area contributed by atoms with Crippen LogP contribution in [-0.4, -0.2) is 78.9 Å². The number of aliphatic hydroxyl groups excluding tert-OH is 2. The molecule has 0 aliphatic heterocycles. The molecule has 2 N–H and O–H groups in total. The molecule has 0 aromatic carbocycles. The van der Waals surface area contributed by atoms with Crippen LogP contribution in [0.3, 0.4) is 0 Å². The Balaban J connectivity index is 5.56. The molecule has 0 aliphatic carbocycles. The molecule has 2 atom stereocenters. The third kappa shape index (κ3) is 15.8. The fourth-order valence-corrected chi connectivity index (χ4v) is 5.34. The summed E-state index contributed by atoms with van der Waals surface area (Å²) in [6.45, 7) is 3.39. The van der Waals surface area contributed by atoms with Gasteiger partial charge in [0, 0.05) is 12.8 Å². The smallest absolute Gasteiger partial charge is 0.269 e. The van der Waals surface area contributed by atoms with Crippen molar-refractivity contribution >= 4 is 19.4 Å². The minimum atomic E-state index is -5.16. The number of hydrogen-bond donors (Lipinski definition) is 2. The number of rotatable bonds is 26. The Bertz CT molecular complexity index is 665. The molecule has 0 rings (SSSR count). The average Bonchev–Trinajstić information content (AvgIpc) is 2.84. The first-order valence-electron chi connectivity index (χ1n) is 14.7. The van der Waals surface area contributed by atoms with Crippen LogP contribution in [0.15, 0.2) is 0 Å². The number of Topliss-reactive ketones (excluding diaryl/α,β-unsaturated/α-hetero) is 2. The first-order chi connectivity index (χ1) is 17.9. The maximum atomic E-state index is 13.4. The lowest BCUT2D eigenvalue weighted by molar-refractivity contribution is -0.870. The van der Waals surface area contributed by atoms with Crippen molar-refractivity contribution in [1.82, 2.24) is 0 Å². The fraction of sp³-hybridized carbons (Fsp3) is 0.929. The first-order valence-corrected chi connectivity index (χ1v) is 16.1. The third-order valence-corrected chi connectivity index (χ3v) is 7.76. The minimum absolute atomic E-state index is 0.132. The van der Waals surface area contributed by atoms with Gasteiger partial charge in [-0.1, -0.05) is 90.9 Å². The van der Waals surface area contributed by atoms with Crippen LogP contribution in [0, 0.1) is 0 Å². The zero-order chi connectivity index (χ0) is 29.1. The molecule has 9 nitrogen and oxygen atoms in total. The van der Waals surface area contributed by atoms with Gasteiger partial charge < -0.3 is 24.1 Å². The molecule has 38 heavy (non-hydrogen) atoms. The molecule has 0 radical (unpaired) electrons. The number of unbranched alkanes of at least 4 members (excludes halogenated alkanes) is 12. The van der Waals surface area contributed by atoms with Crippen LogP contribution in [0.4, 0.5) is 0 Å². The van der Waals surface area contributed by atoms with E-state index in [4.69, 9.17) is 9.05 Å². The van der Waals surface area contributed by atoms with E-state index in [2.05, 4.69) is 13.8 Å². The number of phosphoric ester groups is 1. The fourth-order valence-electron chi connectivity index (χ4n) is 4.30. The highest BCUT2D eigenvalue weighted by Gasteiger charge is 2.53. The molecule has 0 amide bonds. The second-order valence-electron chi connectivity index (χ2n) is 11.4. The summed E-state index contributed by atoms with van der Waals surface area (Å²) in [6, 6.07) is 0. The summed E-state index contributed by atoms with van der Waals surface area (Å²) in [5, 5.41) is 20.5. The summed E-state index contributed by atoms with van der Waals surface area (Å²) in [5.41, 5.74) is -2.70. The van der Waals surface area contributed by atoms with Crippen LogP contribution < -0.4 is 4.89 Å². The van der Waals surface area contributed by atoms with Gasteiger partial charge in [0.1, 0.15) is 19.3 Å². The summed E-state index contributed by atoms with van der Waals surface area (Å²) in [6.07, 6.45) is 10.8. The number of quaternary nitrogens is 1. The van der Waals surface area contributed by atoms with Crippen LogP contribution in [-0.2, 0) is 23.2 Å². The number of phosphoric acid groups is 1. The van der Waals surface area contributed by atoms with Gasteiger partial charge in [-0.3, -0.25) is 18.7 Å². The molecule has 0 aromatic heterocycles. The van der Waals surface area contributed by atoms with Gasteiger partial charge in [0.25, 0.3) is 7.82 Å². The van der Waals surface area contributed by atoms with E-state index in [1.165, 1.54) is 0 Å². The van der Waals surface area contributed by atoms with Crippen LogP contribution in [0.25, 0.3) is 0 Å². The lowest BCUT2D eigenvalue weighted by Gasteiger charge is -2.39. The second kappa shape index (κ2) is 20.2. The number of nitrogens with zero attached hydrogens (tertiary/aromatic N) is 1. The molecule has 0 fully saturated rings.